The maximum Gasteiger partial charge on any atom is 0.193 e. The number of hydrogen-bond acceptors (Lipinski definition) is 4. The fourth-order valence-electron chi connectivity index (χ4n) is 4.15. The first-order valence-corrected chi connectivity index (χ1v) is 10.9. The summed E-state index contributed by atoms with van der Waals surface area (Å²) in [6.45, 7) is 2.57. The first kappa shape index (κ1) is 21.6. The van der Waals surface area contributed by atoms with Crippen LogP contribution < -0.4 is 10.1 Å². The van der Waals surface area contributed by atoms with Gasteiger partial charge in [0.15, 0.2) is 17.5 Å². The molecular formula is C22H31FN4OS. The topological polar surface area (TPSA) is 40.1 Å². The van der Waals surface area contributed by atoms with Crippen LogP contribution in [0.4, 0.5) is 4.39 Å². The molecule has 1 aliphatic heterocycles. The molecule has 158 valence electrons. The number of benzene rings is 1. The van der Waals surface area contributed by atoms with Gasteiger partial charge in [-0.15, -0.1) is 11.3 Å². The smallest absolute Gasteiger partial charge is 0.193 e. The summed E-state index contributed by atoms with van der Waals surface area (Å²) in [7, 11) is 7.45. The van der Waals surface area contributed by atoms with Gasteiger partial charge in [-0.05, 0) is 61.5 Å². The summed E-state index contributed by atoms with van der Waals surface area (Å²) in [6.07, 6.45) is 2.41. The predicted molar refractivity (Wildman–Crippen MR) is 118 cm³/mol. The minimum atomic E-state index is -0.342. The summed E-state index contributed by atoms with van der Waals surface area (Å²) in [5, 5.41) is 5.70. The molecule has 3 rings (SSSR count). The largest absolute Gasteiger partial charge is 0.494 e. The van der Waals surface area contributed by atoms with Crippen LogP contribution >= 0.6 is 11.3 Å². The molecule has 2 unspecified atom stereocenters. The first-order chi connectivity index (χ1) is 14.0. The van der Waals surface area contributed by atoms with E-state index in [1.165, 1.54) is 30.9 Å². The van der Waals surface area contributed by atoms with Crippen molar-refractivity contribution in [3.63, 3.8) is 0 Å². The Balaban J connectivity index is 1.62. The number of nitrogens with one attached hydrogen (secondary N) is 1. The maximum atomic E-state index is 14.0. The van der Waals surface area contributed by atoms with Crippen molar-refractivity contribution >= 4 is 17.3 Å². The van der Waals surface area contributed by atoms with Crippen molar-refractivity contribution in [3.8, 4) is 5.75 Å². The van der Waals surface area contributed by atoms with E-state index in [0.29, 0.717) is 18.5 Å². The summed E-state index contributed by atoms with van der Waals surface area (Å²) >= 11 is 1.83. The van der Waals surface area contributed by atoms with Gasteiger partial charge in [0.2, 0.25) is 0 Å². The van der Waals surface area contributed by atoms with Crippen LogP contribution in [0.2, 0.25) is 0 Å². The third kappa shape index (κ3) is 5.28. The summed E-state index contributed by atoms with van der Waals surface area (Å²) in [5.74, 6) is 1.26. The number of guanidine groups is 1. The van der Waals surface area contributed by atoms with E-state index in [4.69, 9.17) is 4.74 Å². The Morgan fingerprint density at radius 1 is 1.41 bits per heavy atom. The number of aliphatic imine (C=N–C) groups is 1. The SMILES string of the molecule is CN=C(NCC1CCCN(C)C1c1cccs1)N(C)Cc1ccc(OC)c(F)c1. The van der Waals surface area contributed by atoms with Crippen molar-refractivity contribution < 1.29 is 9.13 Å². The minimum Gasteiger partial charge on any atom is -0.494 e. The maximum absolute atomic E-state index is 14.0. The third-order valence-corrected chi connectivity index (χ3v) is 6.52. The first-order valence-electron chi connectivity index (χ1n) is 10.0. The molecule has 2 aromatic rings. The van der Waals surface area contributed by atoms with Gasteiger partial charge in [-0.3, -0.25) is 9.89 Å². The lowest BCUT2D eigenvalue weighted by molar-refractivity contribution is 0.124. The second-order valence-corrected chi connectivity index (χ2v) is 8.58. The number of nitrogens with zero attached hydrogens (tertiary/aromatic N) is 3. The molecule has 0 saturated carbocycles. The van der Waals surface area contributed by atoms with Crippen LogP contribution in [0.25, 0.3) is 0 Å². The lowest BCUT2D eigenvalue weighted by atomic mass is 9.88. The number of likely N-dealkylation sites (tertiary alicyclic amines) is 1. The van der Waals surface area contributed by atoms with E-state index in [-0.39, 0.29) is 11.6 Å². The monoisotopic (exact) mass is 418 g/mol. The highest BCUT2D eigenvalue weighted by molar-refractivity contribution is 7.10. The molecule has 1 aliphatic rings. The molecule has 0 bridgehead atoms. The second kappa shape index (κ2) is 10.1. The summed E-state index contributed by atoms with van der Waals surface area (Å²) in [5.41, 5.74) is 0.877. The number of methoxy groups -OCH3 is 1. The van der Waals surface area contributed by atoms with Gasteiger partial charge in [0.1, 0.15) is 0 Å². The zero-order valence-electron chi connectivity index (χ0n) is 17.7. The Bertz CT molecular complexity index is 811. The molecule has 2 atom stereocenters. The molecule has 0 amide bonds. The van der Waals surface area contributed by atoms with Gasteiger partial charge in [-0.2, -0.15) is 0 Å². The van der Waals surface area contributed by atoms with Crippen molar-refractivity contribution in [3.05, 3.63) is 52.0 Å². The molecular weight excluding hydrogens is 387 g/mol. The summed E-state index contributed by atoms with van der Waals surface area (Å²) in [6, 6.07) is 9.88. The predicted octanol–water partition coefficient (Wildman–Crippen LogP) is 3.99. The number of ether oxygens (including phenoxy) is 1. The molecule has 1 fully saturated rings. The lowest BCUT2D eigenvalue weighted by Gasteiger charge is -2.39. The molecule has 1 aromatic carbocycles. The number of thiophene rings is 1. The van der Waals surface area contributed by atoms with E-state index >= 15 is 0 Å². The van der Waals surface area contributed by atoms with Crippen LogP contribution in [0.15, 0.2) is 40.7 Å². The standard InChI is InChI=1S/C22H31FN4OS/c1-24-22(27(3)15-16-9-10-19(28-4)18(23)13-16)25-14-17-7-5-11-26(2)21(17)20-8-6-12-29-20/h6,8-10,12-13,17,21H,5,7,11,14-15H2,1-4H3,(H,24,25). The van der Waals surface area contributed by atoms with Gasteiger partial charge >= 0.3 is 0 Å². The molecule has 2 heterocycles. The molecule has 1 saturated heterocycles. The molecule has 7 heteroatoms. The third-order valence-electron chi connectivity index (χ3n) is 5.57. The van der Waals surface area contributed by atoms with Crippen molar-refractivity contribution in [2.45, 2.75) is 25.4 Å². The number of halogens is 1. The summed E-state index contributed by atoms with van der Waals surface area (Å²) < 4.78 is 19.0. The minimum absolute atomic E-state index is 0.264. The highest BCUT2D eigenvalue weighted by atomic mass is 32.1. The van der Waals surface area contributed by atoms with E-state index in [9.17, 15) is 4.39 Å². The Morgan fingerprint density at radius 2 is 2.24 bits per heavy atom. The van der Waals surface area contributed by atoms with Crippen molar-refractivity contribution in [2.24, 2.45) is 10.9 Å². The Kier molecular flexibility index (Phi) is 7.50. The second-order valence-electron chi connectivity index (χ2n) is 7.60. The average molecular weight is 419 g/mol. The Hall–Kier alpha value is -2.12. The van der Waals surface area contributed by atoms with Crippen LogP contribution in [-0.2, 0) is 6.54 Å². The van der Waals surface area contributed by atoms with E-state index in [2.05, 4.69) is 39.8 Å². The van der Waals surface area contributed by atoms with Crippen LogP contribution in [0.3, 0.4) is 0 Å². The highest BCUT2D eigenvalue weighted by Crippen LogP contribution is 2.36. The van der Waals surface area contributed by atoms with E-state index in [1.807, 2.05) is 29.4 Å². The van der Waals surface area contributed by atoms with Gasteiger partial charge in [-0.25, -0.2) is 4.39 Å². The molecule has 1 aromatic heterocycles. The Labute approximate surface area is 177 Å². The van der Waals surface area contributed by atoms with Gasteiger partial charge in [0.25, 0.3) is 0 Å². The molecule has 29 heavy (non-hydrogen) atoms. The highest BCUT2D eigenvalue weighted by Gasteiger charge is 2.31. The van der Waals surface area contributed by atoms with Crippen molar-refractivity contribution in [1.29, 1.82) is 0 Å². The molecule has 5 nitrogen and oxygen atoms in total. The normalized spacial score (nSPS) is 20.5. The number of rotatable bonds is 6. The van der Waals surface area contributed by atoms with Gasteiger partial charge in [-0.1, -0.05) is 12.1 Å². The fourth-order valence-corrected chi connectivity index (χ4v) is 5.13. The van der Waals surface area contributed by atoms with Gasteiger partial charge < -0.3 is 15.0 Å². The van der Waals surface area contributed by atoms with E-state index in [0.717, 1.165) is 24.6 Å². The quantitative estimate of drug-likeness (QED) is 0.569. The van der Waals surface area contributed by atoms with Crippen LogP contribution in [0, 0.1) is 11.7 Å². The lowest BCUT2D eigenvalue weighted by Crippen LogP contribution is -2.45. The molecule has 1 N–H and O–H groups in total. The van der Waals surface area contributed by atoms with E-state index in [1.54, 1.807) is 13.1 Å². The Morgan fingerprint density at radius 3 is 2.90 bits per heavy atom. The van der Waals surface area contributed by atoms with Gasteiger partial charge in [0, 0.05) is 38.1 Å². The molecule has 0 radical (unpaired) electrons. The van der Waals surface area contributed by atoms with E-state index < -0.39 is 0 Å². The van der Waals surface area contributed by atoms with Crippen LogP contribution in [0.5, 0.6) is 5.75 Å². The zero-order valence-corrected chi connectivity index (χ0v) is 18.5. The van der Waals surface area contributed by atoms with Crippen molar-refractivity contribution in [2.75, 3.05) is 41.3 Å². The average Bonchev–Trinajstić information content (AvgIpc) is 3.23. The van der Waals surface area contributed by atoms with Gasteiger partial charge in [0.05, 0.1) is 7.11 Å². The van der Waals surface area contributed by atoms with Crippen LogP contribution in [-0.4, -0.2) is 57.1 Å². The van der Waals surface area contributed by atoms with Crippen molar-refractivity contribution in [1.82, 2.24) is 15.1 Å². The molecule has 0 spiro atoms. The molecule has 0 aliphatic carbocycles. The fraction of sp³-hybridized carbons (Fsp3) is 0.500. The zero-order chi connectivity index (χ0) is 20.8. The van der Waals surface area contributed by atoms with Crippen LogP contribution in [0.1, 0.15) is 29.3 Å². The number of hydrogen-bond donors (Lipinski definition) is 1. The summed E-state index contributed by atoms with van der Waals surface area (Å²) in [4.78, 5) is 10.3. The number of piperidine rings is 1.